The molecule has 0 aromatic carbocycles. The van der Waals surface area contributed by atoms with Gasteiger partial charge in [0.05, 0.1) is 13.5 Å². The predicted octanol–water partition coefficient (Wildman–Crippen LogP) is 1.85. The van der Waals surface area contributed by atoms with Gasteiger partial charge in [0.15, 0.2) is 0 Å². The maximum absolute atomic E-state index is 11.2. The summed E-state index contributed by atoms with van der Waals surface area (Å²) in [5, 5.41) is 0. The minimum atomic E-state index is -0.381. The van der Waals surface area contributed by atoms with Crippen molar-refractivity contribution < 1.29 is 9.53 Å². The molecule has 2 N–H and O–H groups in total. The second-order valence-electron chi connectivity index (χ2n) is 4.59. The zero-order valence-corrected chi connectivity index (χ0v) is 9.21. The normalized spacial score (nSPS) is 22.8. The molecule has 82 valence electrons. The molecule has 1 saturated carbocycles. The standard InChI is InChI=1S/C11H21NO2/c1-11(12,8-10(13)14-2)9-6-4-3-5-7-9/h9H,3-8,12H2,1-2H3. The van der Waals surface area contributed by atoms with Crippen LogP contribution in [-0.4, -0.2) is 18.6 Å². The van der Waals surface area contributed by atoms with Crippen molar-refractivity contribution in [2.45, 2.75) is 51.0 Å². The van der Waals surface area contributed by atoms with Gasteiger partial charge in [-0.15, -0.1) is 0 Å². The van der Waals surface area contributed by atoms with Crippen LogP contribution < -0.4 is 5.73 Å². The van der Waals surface area contributed by atoms with Crippen molar-refractivity contribution in [1.82, 2.24) is 0 Å². The molecule has 0 spiro atoms. The third-order valence-electron chi connectivity index (χ3n) is 3.29. The van der Waals surface area contributed by atoms with Gasteiger partial charge in [-0.1, -0.05) is 19.3 Å². The zero-order chi connectivity index (χ0) is 10.6. The van der Waals surface area contributed by atoms with Crippen LogP contribution in [0.25, 0.3) is 0 Å². The smallest absolute Gasteiger partial charge is 0.307 e. The van der Waals surface area contributed by atoms with Gasteiger partial charge in [0, 0.05) is 5.54 Å². The van der Waals surface area contributed by atoms with E-state index < -0.39 is 0 Å². The van der Waals surface area contributed by atoms with Gasteiger partial charge < -0.3 is 10.5 Å². The van der Waals surface area contributed by atoms with E-state index in [1.165, 1.54) is 26.4 Å². The average Bonchev–Trinajstić information content (AvgIpc) is 2.18. The highest BCUT2D eigenvalue weighted by molar-refractivity contribution is 5.70. The van der Waals surface area contributed by atoms with E-state index in [0.29, 0.717) is 12.3 Å². The van der Waals surface area contributed by atoms with Gasteiger partial charge in [-0.05, 0) is 25.7 Å². The highest BCUT2D eigenvalue weighted by atomic mass is 16.5. The Bertz CT molecular complexity index is 195. The van der Waals surface area contributed by atoms with Crippen LogP contribution in [-0.2, 0) is 9.53 Å². The molecule has 1 atom stereocenters. The van der Waals surface area contributed by atoms with Gasteiger partial charge >= 0.3 is 5.97 Å². The highest BCUT2D eigenvalue weighted by Gasteiger charge is 2.33. The molecule has 0 amide bonds. The summed E-state index contributed by atoms with van der Waals surface area (Å²) in [5.41, 5.74) is 5.79. The molecule has 0 saturated heterocycles. The number of hydrogen-bond donors (Lipinski definition) is 1. The van der Waals surface area contributed by atoms with E-state index in [-0.39, 0.29) is 11.5 Å². The Hall–Kier alpha value is -0.570. The second kappa shape index (κ2) is 4.78. The number of rotatable bonds is 3. The van der Waals surface area contributed by atoms with Crippen molar-refractivity contribution in [3.63, 3.8) is 0 Å². The number of hydrogen-bond acceptors (Lipinski definition) is 3. The van der Waals surface area contributed by atoms with Crippen molar-refractivity contribution in [3.8, 4) is 0 Å². The van der Waals surface area contributed by atoms with Crippen LogP contribution in [0.3, 0.4) is 0 Å². The van der Waals surface area contributed by atoms with Crippen molar-refractivity contribution >= 4 is 5.97 Å². The van der Waals surface area contributed by atoms with E-state index in [4.69, 9.17) is 5.73 Å². The number of carbonyl (C=O) groups excluding carboxylic acids is 1. The number of esters is 1. The van der Waals surface area contributed by atoms with Crippen LogP contribution >= 0.6 is 0 Å². The summed E-state index contributed by atoms with van der Waals surface area (Å²) in [5.74, 6) is 0.288. The zero-order valence-electron chi connectivity index (χ0n) is 9.21. The van der Waals surface area contributed by atoms with Crippen LogP contribution in [0.4, 0.5) is 0 Å². The van der Waals surface area contributed by atoms with Crippen molar-refractivity contribution in [2.75, 3.05) is 7.11 Å². The van der Waals surface area contributed by atoms with Gasteiger partial charge in [0.1, 0.15) is 0 Å². The number of nitrogens with two attached hydrogens (primary N) is 1. The monoisotopic (exact) mass is 199 g/mol. The van der Waals surface area contributed by atoms with Crippen LogP contribution in [0.15, 0.2) is 0 Å². The lowest BCUT2D eigenvalue weighted by atomic mass is 9.74. The maximum atomic E-state index is 11.2. The number of carbonyl (C=O) groups is 1. The molecule has 0 aromatic heterocycles. The largest absolute Gasteiger partial charge is 0.469 e. The van der Waals surface area contributed by atoms with E-state index in [9.17, 15) is 4.79 Å². The molecule has 14 heavy (non-hydrogen) atoms. The first-order chi connectivity index (χ1) is 6.56. The Morgan fingerprint density at radius 2 is 2.00 bits per heavy atom. The van der Waals surface area contributed by atoms with Crippen LogP contribution in [0, 0.1) is 5.92 Å². The third-order valence-corrected chi connectivity index (χ3v) is 3.29. The van der Waals surface area contributed by atoms with Crippen LogP contribution in [0.5, 0.6) is 0 Å². The van der Waals surface area contributed by atoms with E-state index in [2.05, 4.69) is 4.74 Å². The van der Waals surface area contributed by atoms with Crippen molar-refractivity contribution in [3.05, 3.63) is 0 Å². The van der Waals surface area contributed by atoms with Gasteiger partial charge in [-0.3, -0.25) is 4.79 Å². The first-order valence-corrected chi connectivity index (χ1v) is 5.42. The SMILES string of the molecule is COC(=O)CC(C)(N)C1CCCCC1. The summed E-state index contributed by atoms with van der Waals surface area (Å²) in [6.07, 6.45) is 6.46. The summed E-state index contributed by atoms with van der Waals surface area (Å²) in [4.78, 5) is 11.2. The molecule has 0 radical (unpaired) electrons. The molecule has 1 unspecified atom stereocenters. The molecule has 0 bridgehead atoms. The molecule has 1 aliphatic carbocycles. The minimum Gasteiger partial charge on any atom is -0.469 e. The summed E-state index contributed by atoms with van der Waals surface area (Å²) in [6.45, 7) is 1.97. The second-order valence-corrected chi connectivity index (χ2v) is 4.59. The van der Waals surface area contributed by atoms with E-state index in [0.717, 1.165) is 12.8 Å². The maximum Gasteiger partial charge on any atom is 0.307 e. The summed E-state index contributed by atoms with van der Waals surface area (Å²) in [6, 6.07) is 0. The lowest BCUT2D eigenvalue weighted by Gasteiger charge is -2.35. The highest BCUT2D eigenvalue weighted by Crippen LogP contribution is 2.33. The molecule has 3 heteroatoms. The molecular weight excluding hydrogens is 178 g/mol. The molecule has 1 fully saturated rings. The average molecular weight is 199 g/mol. The molecular formula is C11H21NO2. The fourth-order valence-electron chi connectivity index (χ4n) is 2.29. The molecule has 0 aliphatic heterocycles. The van der Waals surface area contributed by atoms with Crippen molar-refractivity contribution in [2.24, 2.45) is 11.7 Å². The van der Waals surface area contributed by atoms with E-state index >= 15 is 0 Å². The lowest BCUT2D eigenvalue weighted by Crippen LogP contribution is -2.46. The summed E-state index contributed by atoms with van der Waals surface area (Å²) < 4.78 is 4.66. The Kier molecular flexibility index (Phi) is 3.93. The lowest BCUT2D eigenvalue weighted by molar-refractivity contribution is -0.142. The quantitative estimate of drug-likeness (QED) is 0.706. The predicted molar refractivity (Wildman–Crippen MR) is 55.8 cm³/mol. The summed E-state index contributed by atoms with van der Waals surface area (Å²) in [7, 11) is 1.42. The van der Waals surface area contributed by atoms with Gasteiger partial charge in [-0.2, -0.15) is 0 Å². The Morgan fingerprint density at radius 3 is 2.50 bits per heavy atom. The van der Waals surface area contributed by atoms with E-state index in [1.807, 2.05) is 6.92 Å². The number of methoxy groups -OCH3 is 1. The molecule has 1 aliphatic rings. The fourth-order valence-corrected chi connectivity index (χ4v) is 2.29. The molecule has 1 rings (SSSR count). The topological polar surface area (TPSA) is 52.3 Å². The third kappa shape index (κ3) is 2.98. The Balaban J connectivity index is 2.49. The van der Waals surface area contributed by atoms with Crippen LogP contribution in [0.1, 0.15) is 45.4 Å². The molecule has 0 heterocycles. The number of ether oxygens (including phenoxy) is 1. The first-order valence-electron chi connectivity index (χ1n) is 5.42. The summed E-state index contributed by atoms with van der Waals surface area (Å²) >= 11 is 0. The fraction of sp³-hybridized carbons (Fsp3) is 0.909. The van der Waals surface area contributed by atoms with Gasteiger partial charge in [0.2, 0.25) is 0 Å². The molecule has 0 aromatic rings. The Morgan fingerprint density at radius 1 is 1.43 bits per heavy atom. The first kappa shape index (κ1) is 11.5. The Labute approximate surface area is 86.0 Å². The molecule has 3 nitrogen and oxygen atoms in total. The minimum absolute atomic E-state index is 0.194. The van der Waals surface area contributed by atoms with Crippen LogP contribution in [0.2, 0.25) is 0 Å². The van der Waals surface area contributed by atoms with Crippen molar-refractivity contribution in [1.29, 1.82) is 0 Å². The van der Waals surface area contributed by atoms with E-state index in [1.54, 1.807) is 0 Å². The van der Waals surface area contributed by atoms with Gasteiger partial charge in [-0.25, -0.2) is 0 Å². The van der Waals surface area contributed by atoms with Gasteiger partial charge in [0.25, 0.3) is 0 Å².